The third-order valence-electron chi connectivity index (χ3n) is 4.34. The van der Waals surface area contributed by atoms with Crippen molar-refractivity contribution < 1.29 is 29.0 Å². The molecule has 3 N–H and O–H groups in total. The Morgan fingerprint density at radius 1 is 1.17 bits per heavy atom. The van der Waals surface area contributed by atoms with Crippen LogP contribution in [0.25, 0.3) is 0 Å². The summed E-state index contributed by atoms with van der Waals surface area (Å²) in [5, 5.41) is 20.7. The standard InChI is InChI=1S/C16H18FNO5/c1-16(2)12(13(16)15(22)23)14(21)18-10(7-11(19)20)8-3-5-9(17)6-4-8/h3-6,10,12-13H,7H2,1-2H3,(H,18,21)(H,19,20)(H,22,23)/t10-,12+,13-/m1/s1. The maximum absolute atomic E-state index is 13.0. The van der Waals surface area contributed by atoms with Crippen molar-refractivity contribution in [2.75, 3.05) is 0 Å². The number of carboxylic acid groups (broad SMARTS) is 2. The van der Waals surface area contributed by atoms with E-state index in [-0.39, 0.29) is 6.42 Å². The average molecular weight is 323 g/mol. The molecule has 0 bridgehead atoms. The lowest BCUT2D eigenvalue weighted by molar-refractivity contribution is -0.141. The van der Waals surface area contributed by atoms with E-state index in [0.717, 1.165) is 0 Å². The summed E-state index contributed by atoms with van der Waals surface area (Å²) in [6, 6.07) is 4.31. The molecule has 0 aliphatic heterocycles. The van der Waals surface area contributed by atoms with Crippen LogP contribution in [0, 0.1) is 23.1 Å². The molecule has 0 heterocycles. The summed E-state index contributed by atoms with van der Waals surface area (Å²) in [5.41, 5.74) is -0.223. The minimum absolute atomic E-state index is 0.373. The Balaban J connectivity index is 2.15. The topological polar surface area (TPSA) is 104 Å². The van der Waals surface area contributed by atoms with Gasteiger partial charge < -0.3 is 15.5 Å². The zero-order valence-electron chi connectivity index (χ0n) is 12.7. The van der Waals surface area contributed by atoms with Crippen molar-refractivity contribution in [3.63, 3.8) is 0 Å². The predicted octanol–water partition coefficient (Wildman–Crippen LogP) is 1.81. The molecule has 6 nitrogen and oxygen atoms in total. The monoisotopic (exact) mass is 323 g/mol. The highest BCUT2D eigenvalue weighted by atomic mass is 19.1. The number of carbonyl (C=O) groups excluding carboxylic acids is 1. The molecule has 0 spiro atoms. The minimum atomic E-state index is -1.12. The maximum atomic E-state index is 13.0. The summed E-state index contributed by atoms with van der Waals surface area (Å²) in [6.45, 7) is 3.36. The molecule has 1 saturated carbocycles. The van der Waals surface area contributed by atoms with Crippen LogP contribution in [0.15, 0.2) is 24.3 Å². The van der Waals surface area contributed by atoms with Crippen LogP contribution in [0.3, 0.4) is 0 Å². The number of carbonyl (C=O) groups is 3. The maximum Gasteiger partial charge on any atom is 0.307 e. The van der Waals surface area contributed by atoms with Crippen LogP contribution >= 0.6 is 0 Å². The van der Waals surface area contributed by atoms with Gasteiger partial charge in [0.1, 0.15) is 5.82 Å². The molecule has 0 unspecified atom stereocenters. The van der Waals surface area contributed by atoms with E-state index in [4.69, 9.17) is 10.2 Å². The van der Waals surface area contributed by atoms with Gasteiger partial charge in [-0.15, -0.1) is 0 Å². The Morgan fingerprint density at radius 2 is 1.74 bits per heavy atom. The molecule has 2 rings (SSSR count). The van der Waals surface area contributed by atoms with E-state index in [0.29, 0.717) is 5.56 Å². The molecule has 1 aliphatic carbocycles. The molecule has 3 atom stereocenters. The molecule has 1 aromatic carbocycles. The fourth-order valence-corrected chi connectivity index (χ4v) is 2.97. The number of hydrogen-bond acceptors (Lipinski definition) is 3. The Labute approximate surface area is 132 Å². The van der Waals surface area contributed by atoms with Crippen molar-refractivity contribution in [2.45, 2.75) is 26.3 Å². The zero-order chi connectivity index (χ0) is 17.4. The Hall–Kier alpha value is -2.44. The lowest BCUT2D eigenvalue weighted by Crippen LogP contribution is -2.32. The van der Waals surface area contributed by atoms with Gasteiger partial charge in [0.15, 0.2) is 0 Å². The van der Waals surface area contributed by atoms with E-state index < -0.39 is 47.0 Å². The second-order valence-corrected chi connectivity index (χ2v) is 6.33. The van der Waals surface area contributed by atoms with Crippen LogP contribution in [-0.2, 0) is 14.4 Å². The van der Waals surface area contributed by atoms with E-state index in [9.17, 15) is 18.8 Å². The number of halogens is 1. The van der Waals surface area contributed by atoms with Crippen molar-refractivity contribution in [1.82, 2.24) is 5.32 Å². The summed E-state index contributed by atoms with van der Waals surface area (Å²) in [5.74, 6) is -4.64. The van der Waals surface area contributed by atoms with Crippen molar-refractivity contribution in [1.29, 1.82) is 0 Å². The SMILES string of the molecule is CC1(C)[C@H](C(=O)N[C@H](CC(=O)O)c2ccc(F)cc2)[C@@H]1C(=O)O. The van der Waals surface area contributed by atoms with Crippen molar-refractivity contribution in [2.24, 2.45) is 17.3 Å². The van der Waals surface area contributed by atoms with Gasteiger partial charge in [-0.1, -0.05) is 26.0 Å². The Morgan fingerprint density at radius 3 is 2.17 bits per heavy atom. The summed E-state index contributed by atoms with van der Waals surface area (Å²) in [6.07, 6.45) is -0.373. The first kappa shape index (κ1) is 16.9. The smallest absolute Gasteiger partial charge is 0.307 e. The zero-order valence-corrected chi connectivity index (χ0v) is 12.7. The van der Waals surface area contributed by atoms with Crippen molar-refractivity contribution >= 4 is 17.8 Å². The molecule has 1 fully saturated rings. The van der Waals surface area contributed by atoms with Gasteiger partial charge in [-0.25, -0.2) is 4.39 Å². The van der Waals surface area contributed by atoms with Gasteiger partial charge in [0.25, 0.3) is 0 Å². The number of amides is 1. The molecular formula is C16H18FNO5. The van der Waals surface area contributed by atoms with E-state index in [1.54, 1.807) is 13.8 Å². The molecule has 1 aliphatic rings. The second kappa shape index (κ2) is 5.98. The van der Waals surface area contributed by atoms with Crippen LogP contribution in [0.5, 0.6) is 0 Å². The number of carboxylic acids is 2. The lowest BCUT2D eigenvalue weighted by atomic mass is 10.0. The van der Waals surface area contributed by atoms with Crippen LogP contribution in [-0.4, -0.2) is 28.1 Å². The van der Waals surface area contributed by atoms with Crippen LogP contribution in [0.2, 0.25) is 0 Å². The molecular weight excluding hydrogens is 305 g/mol. The highest BCUT2D eigenvalue weighted by Crippen LogP contribution is 2.58. The highest BCUT2D eigenvalue weighted by molar-refractivity contribution is 5.92. The summed E-state index contributed by atoms with van der Waals surface area (Å²) in [7, 11) is 0. The van der Waals surface area contributed by atoms with Crippen molar-refractivity contribution in [3.8, 4) is 0 Å². The third kappa shape index (κ3) is 3.49. The van der Waals surface area contributed by atoms with Gasteiger partial charge in [-0.3, -0.25) is 14.4 Å². The first-order chi connectivity index (χ1) is 10.6. The first-order valence-electron chi connectivity index (χ1n) is 7.15. The van der Waals surface area contributed by atoms with Crippen LogP contribution < -0.4 is 5.32 Å². The minimum Gasteiger partial charge on any atom is -0.481 e. The Bertz CT molecular complexity index is 640. The average Bonchev–Trinajstić information content (AvgIpc) is 3.01. The third-order valence-corrected chi connectivity index (χ3v) is 4.34. The van der Waals surface area contributed by atoms with Crippen molar-refractivity contribution in [3.05, 3.63) is 35.6 Å². The fraction of sp³-hybridized carbons (Fsp3) is 0.438. The van der Waals surface area contributed by atoms with E-state index in [2.05, 4.69) is 5.32 Å². The first-order valence-corrected chi connectivity index (χ1v) is 7.15. The van der Waals surface area contributed by atoms with Gasteiger partial charge in [0.2, 0.25) is 5.91 Å². The summed E-state index contributed by atoms with van der Waals surface area (Å²) >= 11 is 0. The molecule has 0 radical (unpaired) electrons. The molecule has 0 aromatic heterocycles. The van der Waals surface area contributed by atoms with Gasteiger partial charge >= 0.3 is 11.9 Å². The van der Waals surface area contributed by atoms with Gasteiger partial charge in [0.05, 0.1) is 24.3 Å². The van der Waals surface area contributed by atoms with E-state index in [1.807, 2.05) is 0 Å². The number of benzene rings is 1. The van der Waals surface area contributed by atoms with E-state index in [1.165, 1.54) is 24.3 Å². The van der Waals surface area contributed by atoms with Crippen LogP contribution in [0.4, 0.5) is 4.39 Å². The summed E-state index contributed by atoms with van der Waals surface area (Å²) < 4.78 is 13.0. The largest absolute Gasteiger partial charge is 0.481 e. The van der Waals surface area contributed by atoms with E-state index >= 15 is 0 Å². The van der Waals surface area contributed by atoms with Gasteiger partial charge in [-0.05, 0) is 23.1 Å². The van der Waals surface area contributed by atoms with Crippen LogP contribution in [0.1, 0.15) is 31.9 Å². The molecule has 1 aromatic rings. The molecule has 1 amide bonds. The Kier molecular flexibility index (Phi) is 4.40. The second-order valence-electron chi connectivity index (χ2n) is 6.33. The molecule has 7 heteroatoms. The molecule has 124 valence electrons. The highest BCUT2D eigenvalue weighted by Gasteiger charge is 2.66. The predicted molar refractivity (Wildman–Crippen MR) is 77.9 cm³/mol. The number of hydrogen-bond donors (Lipinski definition) is 3. The summed E-state index contributed by atoms with van der Waals surface area (Å²) in [4.78, 5) is 34.5. The quantitative estimate of drug-likeness (QED) is 0.741. The fourth-order valence-electron chi connectivity index (χ4n) is 2.97. The van der Waals surface area contributed by atoms with Gasteiger partial charge in [-0.2, -0.15) is 0 Å². The number of aliphatic carboxylic acids is 2. The molecule has 0 saturated heterocycles. The molecule has 23 heavy (non-hydrogen) atoms. The van der Waals surface area contributed by atoms with Gasteiger partial charge in [0, 0.05) is 0 Å². The number of nitrogens with one attached hydrogen (secondary N) is 1. The normalized spacial score (nSPS) is 22.9. The number of rotatable bonds is 6. The lowest BCUT2D eigenvalue weighted by Gasteiger charge is -2.18.